The molecule has 1 aromatic heterocycles. The summed E-state index contributed by atoms with van der Waals surface area (Å²) in [5.41, 5.74) is 1.76. The van der Waals surface area contributed by atoms with E-state index < -0.39 is 0 Å². The van der Waals surface area contributed by atoms with Crippen LogP contribution in [0.1, 0.15) is 17.3 Å². The lowest BCUT2D eigenvalue weighted by molar-refractivity contribution is 0.386. The number of ether oxygens (including phenoxy) is 1. The number of benzene rings is 1. The van der Waals surface area contributed by atoms with Crippen LogP contribution in [0.5, 0.6) is 5.75 Å². The van der Waals surface area contributed by atoms with Crippen molar-refractivity contribution in [3.05, 3.63) is 40.7 Å². The summed E-state index contributed by atoms with van der Waals surface area (Å²) in [6.07, 6.45) is 0.656. The fraction of sp³-hybridized carbons (Fsp3) is 0.333. The Morgan fingerprint density at radius 1 is 1.50 bits per heavy atom. The van der Waals surface area contributed by atoms with Gasteiger partial charge in [-0.1, -0.05) is 10.6 Å². The average Bonchev–Trinajstić information content (AvgIpc) is 2.90. The van der Waals surface area contributed by atoms with Gasteiger partial charge in [-0.2, -0.15) is 0 Å². The smallest absolute Gasteiger partial charge is 0.165 e. The third-order valence-electron chi connectivity index (χ3n) is 2.74. The Bertz CT molecular complexity index is 504. The molecule has 0 radical (unpaired) electrons. The van der Waals surface area contributed by atoms with Crippen molar-refractivity contribution in [2.45, 2.75) is 12.5 Å². The maximum atomic E-state index is 13.6. The Morgan fingerprint density at radius 3 is 2.89 bits per heavy atom. The summed E-state index contributed by atoms with van der Waals surface area (Å²) in [6, 6.07) is 5.02. The van der Waals surface area contributed by atoms with Crippen LogP contribution in [0.15, 0.2) is 23.6 Å². The van der Waals surface area contributed by atoms with Crippen LogP contribution >= 0.6 is 11.5 Å². The standard InChI is InChI=1S/C12H14FN3OS/c1-14-10(11-7-18-16-15-11)6-8-3-4-12(17-2)9(13)5-8/h3-5,7,10,14H,6H2,1-2H3. The monoisotopic (exact) mass is 267 g/mol. The van der Waals surface area contributed by atoms with E-state index in [-0.39, 0.29) is 17.6 Å². The van der Waals surface area contributed by atoms with E-state index in [4.69, 9.17) is 4.74 Å². The van der Waals surface area contributed by atoms with Crippen LogP contribution in [0.3, 0.4) is 0 Å². The zero-order valence-electron chi connectivity index (χ0n) is 10.2. The normalized spacial score (nSPS) is 12.4. The first-order chi connectivity index (χ1) is 8.74. The zero-order chi connectivity index (χ0) is 13.0. The number of rotatable bonds is 5. The molecule has 1 N–H and O–H groups in total. The van der Waals surface area contributed by atoms with Crippen LogP contribution in [0.2, 0.25) is 0 Å². The molecular weight excluding hydrogens is 253 g/mol. The highest BCUT2D eigenvalue weighted by molar-refractivity contribution is 7.03. The van der Waals surface area contributed by atoms with Gasteiger partial charge in [0.1, 0.15) is 0 Å². The molecule has 1 heterocycles. The second kappa shape index (κ2) is 5.88. The number of methoxy groups -OCH3 is 1. The molecule has 1 atom stereocenters. The topological polar surface area (TPSA) is 47.0 Å². The number of likely N-dealkylation sites (N-methyl/N-ethyl adjacent to an activating group) is 1. The van der Waals surface area contributed by atoms with Gasteiger partial charge in [-0.05, 0) is 42.7 Å². The fourth-order valence-corrected chi connectivity index (χ4v) is 2.26. The molecule has 0 spiro atoms. The number of halogens is 1. The molecule has 0 aliphatic carbocycles. The van der Waals surface area contributed by atoms with Gasteiger partial charge < -0.3 is 10.1 Å². The van der Waals surface area contributed by atoms with Gasteiger partial charge >= 0.3 is 0 Å². The van der Waals surface area contributed by atoms with Crippen molar-refractivity contribution in [1.82, 2.24) is 14.9 Å². The molecule has 0 aliphatic rings. The lowest BCUT2D eigenvalue weighted by Crippen LogP contribution is -2.19. The van der Waals surface area contributed by atoms with Gasteiger partial charge in [0.05, 0.1) is 18.8 Å². The first-order valence-electron chi connectivity index (χ1n) is 5.51. The Balaban J connectivity index is 2.15. The SMILES string of the molecule is CNC(Cc1ccc(OC)c(F)c1)c1csnn1. The molecule has 96 valence electrons. The van der Waals surface area contributed by atoms with Gasteiger partial charge in [0.2, 0.25) is 0 Å². The van der Waals surface area contributed by atoms with Crippen LogP contribution < -0.4 is 10.1 Å². The van der Waals surface area contributed by atoms with Crippen molar-refractivity contribution in [3.63, 3.8) is 0 Å². The van der Waals surface area contributed by atoms with Crippen molar-refractivity contribution < 1.29 is 9.13 Å². The number of aromatic nitrogens is 2. The summed E-state index contributed by atoms with van der Waals surface area (Å²) < 4.78 is 22.3. The predicted molar refractivity (Wildman–Crippen MR) is 68.4 cm³/mol. The molecule has 2 aromatic rings. The Labute approximate surface area is 109 Å². The van der Waals surface area contributed by atoms with E-state index in [2.05, 4.69) is 14.9 Å². The maximum Gasteiger partial charge on any atom is 0.165 e. The molecule has 1 unspecified atom stereocenters. The van der Waals surface area contributed by atoms with Gasteiger partial charge in [0.25, 0.3) is 0 Å². The average molecular weight is 267 g/mol. The molecule has 0 amide bonds. The highest BCUT2D eigenvalue weighted by Crippen LogP contribution is 2.22. The van der Waals surface area contributed by atoms with E-state index in [0.717, 1.165) is 11.3 Å². The first kappa shape index (κ1) is 12.9. The highest BCUT2D eigenvalue weighted by Gasteiger charge is 2.14. The Hall–Kier alpha value is -1.53. The van der Waals surface area contributed by atoms with E-state index in [1.165, 1.54) is 24.7 Å². The van der Waals surface area contributed by atoms with E-state index in [1.807, 2.05) is 18.5 Å². The first-order valence-corrected chi connectivity index (χ1v) is 6.35. The largest absolute Gasteiger partial charge is 0.494 e. The maximum absolute atomic E-state index is 13.6. The van der Waals surface area contributed by atoms with Crippen molar-refractivity contribution in [2.75, 3.05) is 14.2 Å². The molecular formula is C12H14FN3OS. The lowest BCUT2D eigenvalue weighted by atomic mass is 10.0. The van der Waals surface area contributed by atoms with Crippen molar-refractivity contribution >= 4 is 11.5 Å². The second-order valence-corrected chi connectivity index (χ2v) is 4.45. The fourth-order valence-electron chi connectivity index (χ4n) is 1.75. The van der Waals surface area contributed by atoms with E-state index in [0.29, 0.717) is 6.42 Å². The van der Waals surface area contributed by atoms with Crippen LogP contribution in [-0.4, -0.2) is 23.7 Å². The summed E-state index contributed by atoms with van der Waals surface area (Å²) in [7, 11) is 3.30. The minimum atomic E-state index is -0.346. The van der Waals surface area contributed by atoms with E-state index in [9.17, 15) is 4.39 Å². The number of hydrogen-bond acceptors (Lipinski definition) is 5. The number of nitrogens with one attached hydrogen (secondary N) is 1. The second-order valence-electron chi connectivity index (χ2n) is 3.84. The van der Waals surface area contributed by atoms with E-state index in [1.54, 1.807) is 6.07 Å². The van der Waals surface area contributed by atoms with Gasteiger partial charge in [-0.3, -0.25) is 0 Å². The number of hydrogen-bond donors (Lipinski definition) is 1. The Morgan fingerprint density at radius 2 is 2.33 bits per heavy atom. The number of nitrogens with zero attached hydrogens (tertiary/aromatic N) is 2. The summed E-state index contributed by atoms with van der Waals surface area (Å²) in [5, 5.41) is 9.07. The van der Waals surface area contributed by atoms with Crippen molar-refractivity contribution in [1.29, 1.82) is 0 Å². The van der Waals surface area contributed by atoms with Gasteiger partial charge in [0.15, 0.2) is 11.6 Å². The predicted octanol–water partition coefficient (Wildman–Crippen LogP) is 2.19. The van der Waals surface area contributed by atoms with Crippen LogP contribution in [0.4, 0.5) is 4.39 Å². The van der Waals surface area contributed by atoms with Crippen molar-refractivity contribution in [3.8, 4) is 5.75 Å². The summed E-state index contributed by atoms with van der Waals surface area (Å²) in [5.74, 6) is -0.0867. The zero-order valence-corrected chi connectivity index (χ0v) is 11.0. The molecule has 6 heteroatoms. The third-order valence-corrected chi connectivity index (χ3v) is 3.26. The third kappa shape index (κ3) is 2.83. The molecule has 0 fully saturated rings. The molecule has 0 aliphatic heterocycles. The van der Waals surface area contributed by atoms with Crippen LogP contribution in [0, 0.1) is 5.82 Å². The minimum absolute atomic E-state index is 0.0385. The van der Waals surface area contributed by atoms with Gasteiger partial charge in [-0.15, -0.1) is 5.10 Å². The molecule has 1 aromatic carbocycles. The summed E-state index contributed by atoms with van der Waals surface area (Å²) in [6.45, 7) is 0. The molecule has 18 heavy (non-hydrogen) atoms. The lowest BCUT2D eigenvalue weighted by Gasteiger charge is -2.13. The summed E-state index contributed by atoms with van der Waals surface area (Å²) >= 11 is 1.31. The van der Waals surface area contributed by atoms with Gasteiger partial charge in [-0.25, -0.2) is 4.39 Å². The molecule has 0 bridgehead atoms. The molecule has 2 rings (SSSR count). The molecule has 4 nitrogen and oxygen atoms in total. The van der Waals surface area contributed by atoms with Crippen LogP contribution in [-0.2, 0) is 6.42 Å². The quantitative estimate of drug-likeness (QED) is 0.902. The Kier molecular flexibility index (Phi) is 4.22. The molecule has 0 saturated carbocycles. The summed E-state index contributed by atoms with van der Waals surface area (Å²) in [4.78, 5) is 0. The molecule has 0 saturated heterocycles. The highest BCUT2D eigenvalue weighted by atomic mass is 32.1. The van der Waals surface area contributed by atoms with Crippen LogP contribution in [0.25, 0.3) is 0 Å². The van der Waals surface area contributed by atoms with Crippen molar-refractivity contribution in [2.24, 2.45) is 0 Å². The van der Waals surface area contributed by atoms with Gasteiger partial charge in [0, 0.05) is 5.38 Å². The van der Waals surface area contributed by atoms with E-state index >= 15 is 0 Å². The minimum Gasteiger partial charge on any atom is -0.494 e.